The van der Waals surface area contributed by atoms with E-state index in [0.717, 1.165) is 45.4 Å². The van der Waals surface area contributed by atoms with E-state index in [1.54, 1.807) is 0 Å². The first-order valence-electron chi connectivity index (χ1n) is 6.85. The van der Waals surface area contributed by atoms with Crippen LogP contribution < -0.4 is 5.32 Å². The van der Waals surface area contributed by atoms with Crippen LogP contribution in [0.4, 0.5) is 0 Å². The Morgan fingerprint density at radius 2 is 2.06 bits per heavy atom. The molecule has 4 nitrogen and oxygen atoms in total. The summed E-state index contributed by atoms with van der Waals surface area (Å²) in [7, 11) is 0. The number of aliphatic hydroxyl groups is 1. The molecule has 0 aromatic heterocycles. The van der Waals surface area contributed by atoms with E-state index in [1.165, 1.54) is 12.8 Å². The second-order valence-corrected chi connectivity index (χ2v) is 5.29. The van der Waals surface area contributed by atoms with Crippen molar-refractivity contribution in [3.05, 3.63) is 0 Å². The van der Waals surface area contributed by atoms with E-state index >= 15 is 0 Å². The van der Waals surface area contributed by atoms with Crippen molar-refractivity contribution in [1.82, 2.24) is 10.2 Å². The third kappa shape index (κ3) is 3.96. The van der Waals surface area contributed by atoms with E-state index in [9.17, 15) is 9.90 Å². The van der Waals surface area contributed by atoms with Gasteiger partial charge >= 0.3 is 0 Å². The summed E-state index contributed by atoms with van der Waals surface area (Å²) in [6.07, 6.45) is 5.35. The SMILES string of the molecule is O=C(CCC1CCC[N]C1)N1CCC(O)CC1. The van der Waals surface area contributed by atoms with Crippen molar-refractivity contribution >= 4 is 5.91 Å². The number of aliphatic hydroxyl groups excluding tert-OH is 1. The number of hydrogen-bond donors (Lipinski definition) is 1. The van der Waals surface area contributed by atoms with Crippen LogP contribution in [0.3, 0.4) is 0 Å². The van der Waals surface area contributed by atoms with Crippen LogP contribution >= 0.6 is 0 Å². The lowest BCUT2D eigenvalue weighted by molar-refractivity contribution is -0.133. The van der Waals surface area contributed by atoms with Crippen molar-refractivity contribution in [2.24, 2.45) is 5.92 Å². The molecule has 1 N–H and O–H groups in total. The highest BCUT2D eigenvalue weighted by molar-refractivity contribution is 5.76. The van der Waals surface area contributed by atoms with Crippen LogP contribution in [0.15, 0.2) is 0 Å². The Hall–Kier alpha value is -0.610. The quantitative estimate of drug-likeness (QED) is 0.790. The summed E-state index contributed by atoms with van der Waals surface area (Å²) in [5.41, 5.74) is 0. The molecule has 2 heterocycles. The molecule has 1 radical (unpaired) electrons. The average molecular weight is 239 g/mol. The molecule has 2 aliphatic rings. The molecule has 4 heteroatoms. The first kappa shape index (κ1) is 12.8. The van der Waals surface area contributed by atoms with E-state index in [-0.39, 0.29) is 12.0 Å². The smallest absolute Gasteiger partial charge is 0.222 e. The van der Waals surface area contributed by atoms with Crippen LogP contribution in [0.1, 0.15) is 38.5 Å². The van der Waals surface area contributed by atoms with Gasteiger partial charge in [0.05, 0.1) is 6.10 Å². The molecule has 0 aromatic rings. The summed E-state index contributed by atoms with van der Waals surface area (Å²) in [5.74, 6) is 0.894. The highest BCUT2D eigenvalue weighted by Crippen LogP contribution is 2.18. The zero-order chi connectivity index (χ0) is 12.1. The van der Waals surface area contributed by atoms with Gasteiger partial charge < -0.3 is 10.0 Å². The van der Waals surface area contributed by atoms with Gasteiger partial charge in [0.25, 0.3) is 0 Å². The summed E-state index contributed by atoms with van der Waals surface area (Å²) in [5, 5.41) is 13.8. The van der Waals surface area contributed by atoms with Crippen LogP contribution in [0.5, 0.6) is 0 Å². The second-order valence-electron chi connectivity index (χ2n) is 5.29. The molecule has 0 spiro atoms. The molecule has 2 aliphatic heterocycles. The van der Waals surface area contributed by atoms with Crippen LogP contribution in [-0.2, 0) is 4.79 Å². The van der Waals surface area contributed by atoms with Gasteiger partial charge in [-0.3, -0.25) is 4.79 Å². The Kier molecular flexibility index (Phi) is 4.80. The van der Waals surface area contributed by atoms with Gasteiger partial charge in [0.1, 0.15) is 0 Å². The Labute approximate surface area is 103 Å². The van der Waals surface area contributed by atoms with E-state index in [0.29, 0.717) is 12.3 Å². The van der Waals surface area contributed by atoms with Crippen LogP contribution in [0.2, 0.25) is 0 Å². The summed E-state index contributed by atoms with van der Waals surface area (Å²) >= 11 is 0. The lowest BCUT2D eigenvalue weighted by Crippen LogP contribution is -2.40. The predicted molar refractivity (Wildman–Crippen MR) is 65.6 cm³/mol. The summed E-state index contributed by atoms with van der Waals surface area (Å²) < 4.78 is 0. The average Bonchev–Trinajstić information content (AvgIpc) is 2.38. The molecule has 0 saturated carbocycles. The molecule has 2 rings (SSSR count). The van der Waals surface area contributed by atoms with Gasteiger partial charge in [0, 0.05) is 32.6 Å². The molecule has 0 bridgehead atoms. The van der Waals surface area contributed by atoms with Crippen LogP contribution in [-0.4, -0.2) is 48.2 Å². The number of piperidine rings is 2. The highest BCUT2D eigenvalue weighted by atomic mass is 16.3. The van der Waals surface area contributed by atoms with Gasteiger partial charge in [-0.25, -0.2) is 5.32 Å². The van der Waals surface area contributed by atoms with Gasteiger partial charge in [-0.1, -0.05) is 0 Å². The number of hydrogen-bond acceptors (Lipinski definition) is 2. The fourth-order valence-electron chi connectivity index (χ4n) is 2.69. The van der Waals surface area contributed by atoms with Gasteiger partial charge in [-0.15, -0.1) is 0 Å². The number of amides is 1. The Bertz CT molecular complexity index is 244. The molecule has 97 valence electrons. The van der Waals surface area contributed by atoms with Gasteiger partial charge in [0.15, 0.2) is 0 Å². The monoisotopic (exact) mass is 239 g/mol. The van der Waals surface area contributed by atoms with Gasteiger partial charge in [-0.05, 0) is 38.0 Å². The fraction of sp³-hybridized carbons (Fsp3) is 0.923. The van der Waals surface area contributed by atoms with Crippen molar-refractivity contribution < 1.29 is 9.90 Å². The zero-order valence-corrected chi connectivity index (χ0v) is 10.5. The number of nitrogens with zero attached hydrogens (tertiary/aromatic N) is 2. The van der Waals surface area contributed by atoms with Crippen LogP contribution in [0.25, 0.3) is 0 Å². The summed E-state index contributed by atoms with van der Waals surface area (Å²) in [6, 6.07) is 0. The van der Waals surface area contributed by atoms with Crippen molar-refractivity contribution in [2.45, 2.75) is 44.6 Å². The third-order valence-electron chi connectivity index (χ3n) is 3.90. The molecule has 2 fully saturated rings. The van der Waals surface area contributed by atoms with E-state index in [2.05, 4.69) is 5.32 Å². The Morgan fingerprint density at radius 3 is 2.71 bits per heavy atom. The first-order chi connectivity index (χ1) is 8.25. The van der Waals surface area contributed by atoms with Crippen molar-refractivity contribution in [2.75, 3.05) is 26.2 Å². The third-order valence-corrected chi connectivity index (χ3v) is 3.90. The number of carbonyl (C=O) groups excluding carboxylic acids is 1. The van der Waals surface area contributed by atoms with E-state index < -0.39 is 0 Å². The minimum absolute atomic E-state index is 0.198. The molecule has 17 heavy (non-hydrogen) atoms. The van der Waals surface area contributed by atoms with Gasteiger partial charge in [-0.2, -0.15) is 0 Å². The topological polar surface area (TPSA) is 54.6 Å². The lowest BCUT2D eigenvalue weighted by atomic mass is 9.94. The molecule has 0 aromatic carbocycles. The van der Waals surface area contributed by atoms with Crippen LogP contribution in [0, 0.1) is 5.92 Å². The fourth-order valence-corrected chi connectivity index (χ4v) is 2.69. The number of rotatable bonds is 3. The van der Waals surface area contributed by atoms with Crippen molar-refractivity contribution in [3.63, 3.8) is 0 Å². The van der Waals surface area contributed by atoms with E-state index in [4.69, 9.17) is 0 Å². The maximum Gasteiger partial charge on any atom is 0.222 e. The lowest BCUT2D eigenvalue weighted by Gasteiger charge is -2.30. The molecule has 2 saturated heterocycles. The standard InChI is InChI=1S/C13H23N2O2/c16-12-5-8-15(9-6-12)13(17)4-3-11-2-1-7-14-10-11/h11-12,16H,1-10H2. The minimum atomic E-state index is -0.198. The maximum absolute atomic E-state index is 12.0. The van der Waals surface area contributed by atoms with Crippen molar-refractivity contribution in [3.8, 4) is 0 Å². The molecular formula is C13H23N2O2. The predicted octanol–water partition coefficient (Wildman–Crippen LogP) is 0.764. The summed E-state index contributed by atoms with van der Waals surface area (Å²) in [6.45, 7) is 3.42. The van der Waals surface area contributed by atoms with Gasteiger partial charge in [0.2, 0.25) is 5.91 Å². The Morgan fingerprint density at radius 1 is 1.29 bits per heavy atom. The Balaban J connectivity index is 1.66. The summed E-state index contributed by atoms with van der Waals surface area (Å²) in [4.78, 5) is 13.9. The second kappa shape index (κ2) is 6.36. The van der Waals surface area contributed by atoms with Crippen molar-refractivity contribution in [1.29, 1.82) is 0 Å². The normalized spacial score (nSPS) is 27.1. The number of likely N-dealkylation sites (tertiary alicyclic amines) is 1. The zero-order valence-electron chi connectivity index (χ0n) is 10.5. The molecule has 1 unspecified atom stereocenters. The molecule has 1 amide bonds. The van der Waals surface area contributed by atoms with E-state index in [1.807, 2.05) is 4.90 Å². The highest BCUT2D eigenvalue weighted by Gasteiger charge is 2.22. The molecular weight excluding hydrogens is 216 g/mol. The number of carbonyl (C=O) groups is 1. The largest absolute Gasteiger partial charge is 0.393 e. The molecule has 0 aliphatic carbocycles. The molecule has 1 atom stereocenters. The first-order valence-corrected chi connectivity index (χ1v) is 6.85. The maximum atomic E-state index is 12.0. The minimum Gasteiger partial charge on any atom is -0.393 e.